The van der Waals surface area contributed by atoms with Gasteiger partial charge >= 0.3 is 0 Å². The molecule has 0 aliphatic rings. The number of methoxy groups -OCH3 is 1. The molecule has 1 N–H and O–H groups in total. The number of hydrogen-bond acceptors (Lipinski definition) is 3. The number of benzene rings is 2. The van der Waals surface area contributed by atoms with Crippen molar-refractivity contribution in [2.24, 2.45) is 0 Å². The summed E-state index contributed by atoms with van der Waals surface area (Å²) in [6.45, 7) is 7.99. The lowest BCUT2D eigenvalue weighted by Gasteiger charge is -2.15. The maximum atomic E-state index is 12.6. The zero-order valence-corrected chi connectivity index (χ0v) is 17.8. The first-order valence-corrected chi connectivity index (χ1v) is 9.44. The highest BCUT2D eigenvalue weighted by atomic mass is 79.9. The third kappa shape index (κ3) is 4.99. The molecule has 0 saturated heterocycles. The molecule has 0 fully saturated rings. The van der Waals surface area contributed by atoms with Crippen LogP contribution in [-0.4, -0.2) is 13.0 Å². The molecule has 0 aromatic heterocycles. The predicted octanol–water partition coefficient (Wildman–Crippen LogP) is 5.74. The number of ether oxygens (including phenoxy) is 1. The second-order valence-corrected chi connectivity index (χ2v) is 7.60. The van der Waals surface area contributed by atoms with Crippen LogP contribution in [0.25, 0.3) is 6.08 Å². The number of rotatable bonds is 5. The summed E-state index contributed by atoms with van der Waals surface area (Å²) in [5.74, 6) is 0.648. The number of amides is 1. The van der Waals surface area contributed by atoms with Gasteiger partial charge in [0.25, 0.3) is 5.91 Å². The van der Waals surface area contributed by atoms with Crippen molar-refractivity contribution in [1.29, 1.82) is 5.26 Å². The van der Waals surface area contributed by atoms with E-state index in [4.69, 9.17) is 4.74 Å². The van der Waals surface area contributed by atoms with E-state index in [9.17, 15) is 10.1 Å². The van der Waals surface area contributed by atoms with Gasteiger partial charge in [-0.2, -0.15) is 5.26 Å². The van der Waals surface area contributed by atoms with Crippen molar-refractivity contribution in [3.63, 3.8) is 0 Å². The topological polar surface area (TPSA) is 62.1 Å². The summed E-state index contributed by atoms with van der Waals surface area (Å²) >= 11 is 3.40. The minimum atomic E-state index is -0.427. The summed E-state index contributed by atoms with van der Waals surface area (Å²) in [4.78, 5) is 12.6. The second-order valence-electron chi connectivity index (χ2n) is 6.69. The van der Waals surface area contributed by atoms with E-state index < -0.39 is 5.91 Å². The smallest absolute Gasteiger partial charge is 0.266 e. The number of carbonyl (C=O) groups excluding carboxylic acids is 1. The summed E-state index contributed by atoms with van der Waals surface area (Å²) in [5, 5.41) is 12.3. The number of anilines is 1. The normalized spacial score (nSPS) is 11.3. The first-order chi connectivity index (χ1) is 12.8. The maximum absolute atomic E-state index is 12.6. The van der Waals surface area contributed by atoms with Crippen molar-refractivity contribution in [3.8, 4) is 11.8 Å². The molecule has 0 saturated carbocycles. The Hall–Kier alpha value is -2.58. The minimum absolute atomic E-state index is 0.0558. The van der Waals surface area contributed by atoms with Gasteiger partial charge in [0.2, 0.25) is 0 Å². The molecule has 4 nitrogen and oxygen atoms in total. The number of hydrogen-bond donors (Lipinski definition) is 1. The highest BCUT2D eigenvalue weighted by Crippen LogP contribution is 2.30. The van der Waals surface area contributed by atoms with Gasteiger partial charge in [0.05, 0.1) is 7.11 Å². The lowest BCUT2D eigenvalue weighted by molar-refractivity contribution is -0.112. The van der Waals surface area contributed by atoms with E-state index in [1.54, 1.807) is 13.2 Å². The monoisotopic (exact) mass is 426 g/mol. The van der Waals surface area contributed by atoms with Crippen LogP contribution in [0.4, 0.5) is 5.69 Å². The Morgan fingerprint density at radius 3 is 2.48 bits per heavy atom. The Morgan fingerprint density at radius 1 is 1.22 bits per heavy atom. The fourth-order valence-corrected chi connectivity index (χ4v) is 3.24. The highest BCUT2D eigenvalue weighted by Gasteiger charge is 2.14. The molecule has 0 radical (unpaired) electrons. The predicted molar refractivity (Wildman–Crippen MR) is 113 cm³/mol. The molecular formula is C22H23BrN2O2. The standard InChI is InChI=1S/C22H23BrN2O2/c1-13(2)19-11-16(14(3)9-21(19)27-5)10-17(12-24)22(26)25-20-7-6-18(23)8-15(20)4/h6-11,13H,1-5H3,(H,25,26)/b17-10+. The van der Waals surface area contributed by atoms with Crippen molar-refractivity contribution in [1.82, 2.24) is 0 Å². The average Bonchev–Trinajstić information content (AvgIpc) is 2.62. The van der Waals surface area contributed by atoms with Gasteiger partial charge < -0.3 is 10.1 Å². The molecule has 0 aliphatic heterocycles. The van der Waals surface area contributed by atoms with Crippen LogP contribution in [0.2, 0.25) is 0 Å². The van der Waals surface area contributed by atoms with Crippen LogP contribution in [0.15, 0.2) is 40.4 Å². The van der Waals surface area contributed by atoms with Crippen LogP contribution in [0.3, 0.4) is 0 Å². The van der Waals surface area contributed by atoms with Crippen LogP contribution in [0.5, 0.6) is 5.75 Å². The molecule has 0 unspecified atom stereocenters. The van der Waals surface area contributed by atoms with Gasteiger partial charge in [-0.25, -0.2) is 0 Å². The van der Waals surface area contributed by atoms with Crippen LogP contribution in [0.1, 0.15) is 42.0 Å². The lowest BCUT2D eigenvalue weighted by Crippen LogP contribution is -2.14. The number of nitrogens with one attached hydrogen (secondary N) is 1. The van der Waals surface area contributed by atoms with E-state index in [1.807, 2.05) is 50.2 Å². The van der Waals surface area contributed by atoms with Crippen molar-refractivity contribution in [2.75, 3.05) is 12.4 Å². The largest absolute Gasteiger partial charge is 0.496 e. The zero-order valence-electron chi connectivity index (χ0n) is 16.2. The van der Waals surface area contributed by atoms with Crippen LogP contribution < -0.4 is 10.1 Å². The SMILES string of the molecule is COc1cc(C)c(/C=C(\C#N)C(=O)Nc2ccc(Br)cc2C)cc1C(C)C. The molecule has 0 bridgehead atoms. The van der Waals surface area contributed by atoms with Gasteiger partial charge in [-0.05, 0) is 78.4 Å². The molecule has 5 heteroatoms. The van der Waals surface area contributed by atoms with Crippen LogP contribution >= 0.6 is 15.9 Å². The Morgan fingerprint density at radius 2 is 1.93 bits per heavy atom. The molecule has 140 valence electrons. The van der Waals surface area contributed by atoms with Gasteiger partial charge in [-0.1, -0.05) is 29.8 Å². The molecule has 2 aromatic carbocycles. The molecule has 2 rings (SSSR count). The highest BCUT2D eigenvalue weighted by molar-refractivity contribution is 9.10. The molecule has 0 spiro atoms. The molecular weight excluding hydrogens is 404 g/mol. The fraction of sp³-hybridized carbons (Fsp3) is 0.273. The van der Waals surface area contributed by atoms with E-state index in [0.29, 0.717) is 5.69 Å². The van der Waals surface area contributed by atoms with Gasteiger partial charge in [0.1, 0.15) is 17.4 Å². The quantitative estimate of drug-likeness (QED) is 0.489. The Bertz CT molecular complexity index is 940. The van der Waals surface area contributed by atoms with E-state index >= 15 is 0 Å². The molecule has 0 aliphatic carbocycles. The summed E-state index contributed by atoms with van der Waals surface area (Å²) in [6.07, 6.45) is 1.63. The van der Waals surface area contributed by atoms with Crippen molar-refractivity contribution < 1.29 is 9.53 Å². The summed E-state index contributed by atoms with van der Waals surface area (Å²) in [5.41, 5.74) is 4.46. The van der Waals surface area contributed by atoms with E-state index in [1.165, 1.54) is 0 Å². The number of aryl methyl sites for hydroxylation is 2. The molecule has 0 atom stereocenters. The van der Waals surface area contributed by atoms with E-state index in [2.05, 4.69) is 35.1 Å². The van der Waals surface area contributed by atoms with Crippen LogP contribution in [0, 0.1) is 25.2 Å². The summed E-state index contributed by atoms with van der Waals surface area (Å²) < 4.78 is 6.39. The molecule has 0 heterocycles. The third-order valence-electron chi connectivity index (χ3n) is 4.34. The molecule has 27 heavy (non-hydrogen) atoms. The Labute approximate surface area is 169 Å². The van der Waals surface area contributed by atoms with E-state index in [-0.39, 0.29) is 11.5 Å². The number of nitriles is 1. The number of carbonyl (C=O) groups is 1. The Kier molecular flexibility index (Phi) is 6.81. The summed E-state index contributed by atoms with van der Waals surface area (Å²) in [6, 6.07) is 11.5. The number of nitrogens with zero attached hydrogens (tertiary/aromatic N) is 1. The first-order valence-electron chi connectivity index (χ1n) is 8.64. The van der Waals surface area contributed by atoms with Gasteiger partial charge in [-0.3, -0.25) is 4.79 Å². The van der Waals surface area contributed by atoms with Gasteiger partial charge in [0.15, 0.2) is 0 Å². The third-order valence-corrected chi connectivity index (χ3v) is 4.84. The summed E-state index contributed by atoms with van der Waals surface area (Å²) in [7, 11) is 1.64. The molecule has 1 amide bonds. The van der Waals surface area contributed by atoms with Crippen molar-refractivity contribution in [2.45, 2.75) is 33.6 Å². The van der Waals surface area contributed by atoms with Crippen molar-refractivity contribution >= 4 is 33.6 Å². The Balaban J connectivity index is 2.39. The van der Waals surface area contributed by atoms with Gasteiger partial charge in [-0.15, -0.1) is 0 Å². The second kappa shape index (κ2) is 8.88. The van der Waals surface area contributed by atoms with Crippen molar-refractivity contribution in [3.05, 3.63) is 62.6 Å². The fourth-order valence-electron chi connectivity index (χ4n) is 2.76. The maximum Gasteiger partial charge on any atom is 0.266 e. The average molecular weight is 427 g/mol. The van der Waals surface area contributed by atoms with Crippen LogP contribution in [-0.2, 0) is 4.79 Å². The minimum Gasteiger partial charge on any atom is -0.496 e. The zero-order chi connectivity index (χ0) is 20.1. The van der Waals surface area contributed by atoms with Gasteiger partial charge in [0, 0.05) is 10.2 Å². The number of halogens is 1. The molecule has 2 aromatic rings. The van der Waals surface area contributed by atoms with E-state index in [0.717, 1.165) is 32.5 Å². The first kappa shape index (κ1) is 20.7. The lowest BCUT2D eigenvalue weighted by atomic mass is 9.95.